The molecule has 5 heteroatoms. The number of aliphatic hydroxyl groups is 1. The summed E-state index contributed by atoms with van der Waals surface area (Å²) in [4.78, 5) is 8.34. The molecule has 1 aromatic heterocycles. The maximum atomic E-state index is 9.24. The van der Waals surface area contributed by atoms with Gasteiger partial charge in [0.15, 0.2) is 0 Å². The molecule has 0 radical (unpaired) electrons. The van der Waals surface area contributed by atoms with E-state index in [9.17, 15) is 5.11 Å². The summed E-state index contributed by atoms with van der Waals surface area (Å²) in [5, 5.41) is 13.6. The molecule has 2 N–H and O–H groups in total. The Morgan fingerprint density at radius 1 is 1.50 bits per heavy atom. The third kappa shape index (κ3) is 2.65. The molecule has 1 aliphatic carbocycles. The van der Waals surface area contributed by atoms with Crippen LogP contribution in [0.2, 0.25) is 0 Å². The van der Waals surface area contributed by atoms with Gasteiger partial charge in [-0.05, 0) is 19.1 Å². The summed E-state index contributed by atoms with van der Waals surface area (Å²) < 4.78 is 0. The molecular formula is C11H17N3OS. The Balaban J connectivity index is 2.02. The first-order chi connectivity index (χ1) is 7.83. The zero-order valence-electron chi connectivity index (χ0n) is 9.39. The van der Waals surface area contributed by atoms with Crippen LogP contribution < -0.4 is 5.32 Å². The summed E-state index contributed by atoms with van der Waals surface area (Å²) in [6, 6.07) is 2.31. The van der Waals surface area contributed by atoms with Crippen molar-refractivity contribution >= 4 is 17.6 Å². The van der Waals surface area contributed by atoms with Gasteiger partial charge in [0.25, 0.3) is 0 Å². The fourth-order valence-corrected chi connectivity index (χ4v) is 2.55. The average Bonchev–Trinajstić information content (AvgIpc) is 2.76. The van der Waals surface area contributed by atoms with Crippen molar-refractivity contribution in [2.75, 3.05) is 18.2 Å². The molecule has 0 aromatic carbocycles. The van der Waals surface area contributed by atoms with Crippen LogP contribution in [0.15, 0.2) is 17.4 Å². The Kier molecular flexibility index (Phi) is 4.01. The Bertz CT molecular complexity index is 348. The van der Waals surface area contributed by atoms with Gasteiger partial charge in [-0.15, -0.1) is 11.8 Å². The molecule has 0 saturated heterocycles. The van der Waals surface area contributed by atoms with Crippen LogP contribution in [0.4, 0.5) is 5.82 Å². The summed E-state index contributed by atoms with van der Waals surface area (Å²) in [5.41, 5.74) is 0. The Hall–Kier alpha value is -0.810. The standard InChI is InChI=1S/C11H17N3OS/c1-16-11-5-10(12-7-13-11)14-9-4-2-3-8(9)6-15/h5,7-9,15H,2-4,6H2,1H3,(H,12,13,14). The molecule has 0 bridgehead atoms. The number of hydrogen-bond donors (Lipinski definition) is 2. The van der Waals surface area contributed by atoms with Crippen molar-refractivity contribution in [3.8, 4) is 0 Å². The monoisotopic (exact) mass is 239 g/mol. The highest BCUT2D eigenvalue weighted by molar-refractivity contribution is 7.98. The lowest BCUT2D eigenvalue weighted by atomic mass is 10.1. The second-order valence-electron chi connectivity index (χ2n) is 4.07. The zero-order valence-corrected chi connectivity index (χ0v) is 10.2. The number of nitrogens with one attached hydrogen (secondary N) is 1. The van der Waals surface area contributed by atoms with Crippen LogP contribution in [0.1, 0.15) is 19.3 Å². The van der Waals surface area contributed by atoms with Crippen LogP contribution in [-0.2, 0) is 0 Å². The summed E-state index contributed by atoms with van der Waals surface area (Å²) in [6.45, 7) is 0.262. The minimum absolute atomic E-state index is 0.262. The van der Waals surface area contributed by atoms with Gasteiger partial charge in [-0.1, -0.05) is 6.42 Å². The van der Waals surface area contributed by atoms with Crippen molar-refractivity contribution in [1.82, 2.24) is 9.97 Å². The highest BCUT2D eigenvalue weighted by atomic mass is 32.2. The quantitative estimate of drug-likeness (QED) is 0.619. The molecule has 1 aliphatic rings. The summed E-state index contributed by atoms with van der Waals surface area (Å²) >= 11 is 1.61. The maximum Gasteiger partial charge on any atom is 0.130 e. The van der Waals surface area contributed by atoms with E-state index in [2.05, 4.69) is 15.3 Å². The minimum Gasteiger partial charge on any atom is -0.396 e. The predicted molar refractivity (Wildman–Crippen MR) is 65.7 cm³/mol. The summed E-state index contributed by atoms with van der Waals surface area (Å²) in [5.74, 6) is 1.23. The number of aromatic nitrogens is 2. The second kappa shape index (κ2) is 5.50. The summed E-state index contributed by atoms with van der Waals surface area (Å²) in [7, 11) is 0. The fraction of sp³-hybridized carbons (Fsp3) is 0.636. The van der Waals surface area contributed by atoms with Crippen molar-refractivity contribution in [2.24, 2.45) is 5.92 Å². The molecule has 1 aromatic rings. The number of thioether (sulfide) groups is 1. The Morgan fingerprint density at radius 2 is 2.38 bits per heavy atom. The van der Waals surface area contributed by atoms with Gasteiger partial charge in [0.05, 0.1) is 0 Å². The molecule has 2 atom stereocenters. The number of anilines is 1. The SMILES string of the molecule is CSc1cc(NC2CCCC2CO)ncn1. The van der Waals surface area contributed by atoms with E-state index in [1.807, 2.05) is 12.3 Å². The molecule has 2 unspecified atom stereocenters. The van der Waals surface area contributed by atoms with Gasteiger partial charge in [0, 0.05) is 24.6 Å². The van der Waals surface area contributed by atoms with Crippen molar-refractivity contribution < 1.29 is 5.11 Å². The molecule has 1 saturated carbocycles. The third-order valence-corrected chi connectivity index (χ3v) is 3.72. The van der Waals surface area contributed by atoms with Gasteiger partial charge < -0.3 is 10.4 Å². The van der Waals surface area contributed by atoms with Gasteiger partial charge in [-0.2, -0.15) is 0 Å². The van der Waals surface area contributed by atoms with E-state index < -0.39 is 0 Å². The number of hydrogen-bond acceptors (Lipinski definition) is 5. The van der Waals surface area contributed by atoms with Crippen LogP contribution in [0.3, 0.4) is 0 Å². The Labute approximate surface area is 99.9 Å². The normalized spacial score (nSPS) is 24.6. The molecule has 0 spiro atoms. The molecule has 0 aliphatic heterocycles. The molecule has 4 nitrogen and oxygen atoms in total. The molecule has 2 rings (SSSR count). The first-order valence-corrected chi connectivity index (χ1v) is 6.79. The lowest BCUT2D eigenvalue weighted by Crippen LogP contribution is -2.26. The maximum absolute atomic E-state index is 9.24. The van der Waals surface area contributed by atoms with E-state index in [4.69, 9.17) is 0 Å². The van der Waals surface area contributed by atoms with Crippen LogP contribution in [0.25, 0.3) is 0 Å². The number of nitrogens with zero attached hydrogens (tertiary/aromatic N) is 2. The summed E-state index contributed by atoms with van der Waals surface area (Å²) in [6.07, 6.45) is 6.98. The van der Waals surface area contributed by atoms with E-state index in [0.717, 1.165) is 23.7 Å². The predicted octanol–water partition coefficient (Wildman–Crippen LogP) is 1.77. The van der Waals surface area contributed by atoms with E-state index in [0.29, 0.717) is 12.0 Å². The number of aliphatic hydroxyl groups excluding tert-OH is 1. The van der Waals surface area contributed by atoms with E-state index in [1.165, 1.54) is 6.42 Å². The van der Waals surface area contributed by atoms with Crippen molar-refractivity contribution in [1.29, 1.82) is 0 Å². The fourth-order valence-electron chi connectivity index (χ4n) is 2.17. The average molecular weight is 239 g/mol. The molecule has 16 heavy (non-hydrogen) atoms. The van der Waals surface area contributed by atoms with Gasteiger partial charge in [0.2, 0.25) is 0 Å². The largest absolute Gasteiger partial charge is 0.396 e. The van der Waals surface area contributed by atoms with Crippen LogP contribution in [-0.4, -0.2) is 34.0 Å². The van der Waals surface area contributed by atoms with Crippen molar-refractivity contribution in [3.63, 3.8) is 0 Å². The first kappa shape index (κ1) is 11.7. The van der Waals surface area contributed by atoms with Gasteiger partial charge >= 0.3 is 0 Å². The lowest BCUT2D eigenvalue weighted by Gasteiger charge is -2.19. The number of rotatable bonds is 4. The lowest BCUT2D eigenvalue weighted by molar-refractivity contribution is 0.222. The van der Waals surface area contributed by atoms with E-state index in [1.54, 1.807) is 18.1 Å². The molecule has 1 fully saturated rings. The molecule has 88 valence electrons. The Morgan fingerprint density at radius 3 is 3.12 bits per heavy atom. The van der Waals surface area contributed by atoms with Crippen LogP contribution >= 0.6 is 11.8 Å². The first-order valence-electron chi connectivity index (χ1n) is 5.57. The van der Waals surface area contributed by atoms with E-state index in [-0.39, 0.29) is 6.61 Å². The third-order valence-electron chi connectivity index (χ3n) is 3.08. The highest BCUT2D eigenvalue weighted by Gasteiger charge is 2.26. The smallest absolute Gasteiger partial charge is 0.130 e. The van der Waals surface area contributed by atoms with Crippen LogP contribution in [0.5, 0.6) is 0 Å². The second-order valence-corrected chi connectivity index (χ2v) is 4.90. The molecule has 1 heterocycles. The minimum atomic E-state index is 0.262. The van der Waals surface area contributed by atoms with Crippen LogP contribution in [0, 0.1) is 5.92 Å². The molecular weight excluding hydrogens is 222 g/mol. The topological polar surface area (TPSA) is 58.0 Å². The zero-order chi connectivity index (χ0) is 11.4. The van der Waals surface area contributed by atoms with Crippen molar-refractivity contribution in [2.45, 2.75) is 30.3 Å². The van der Waals surface area contributed by atoms with E-state index >= 15 is 0 Å². The molecule has 0 amide bonds. The van der Waals surface area contributed by atoms with Gasteiger partial charge in [-0.25, -0.2) is 9.97 Å². The van der Waals surface area contributed by atoms with Gasteiger partial charge in [0.1, 0.15) is 17.2 Å². The highest BCUT2D eigenvalue weighted by Crippen LogP contribution is 2.28. The van der Waals surface area contributed by atoms with Crippen molar-refractivity contribution in [3.05, 3.63) is 12.4 Å². The van der Waals surface area contributed by atoms with Gasteiger partial charge in [-0.3, -0.25) is 0 Å².